The van der Waals surface area contributed by atoms with E-state index in [2.05, 4.69) is 9.26 Å². The molecule has 0 spiro atoms. The predicted molar refractivity (Wildman–Crippen MR) is 46.9 cm³/mol. The Hall–Kier alpha value is -0.0900. The van der Waals surface area contributed by atoms with Crippen molar-refractivity contribution in [3.63, 3.8) is 0 Å². The van der Waals surface area contributed by atoms with Gasteiger partial charge in [0, 0.05) is 0 Å². The van der Waals surface area contributed by atoms with Gasteiger partial charge in [-0.25, -0.2) is 4.57 Å². The first kappa shape index (κ1) is 14.0. The molecule has 16 heavy (non-hydrogen) atoms. The second kappa shape index (κ2) is 5.05. The van der Waals surface area contributed by atoms with Gasteiger partial charge >= 0.3 is 7.82 Å². The van der Waals surface area contributed by atoms with Crippen LogP contribution in [-0.4, -0.2) is 67.5 Å². The van der Waals surface area contributed by atoms with Crippen molar-refractivity contribution in [2.75, 3.05) is 6.61 Å². The zero-order valence-corrected chi connectivity index (χ0v) is 8.84. The van der Waals surface area contributed by atoms with Gasteiger partial charge < -0.3 is 34.9 Å². The van der Waals surface area contributed by atoms with Gasteiger partial charge in [-0.05, 0) is 0 Å². The number of phosphoric acid groups is 1. The molecule has 0 saturated carbocycles. The van der Waals surface area contributed by atoms with Crippen molar-refractivity contribution in [3.05, 3.63) is 0 Å². The minimum Gasteiger partial charge on any atom is -0.387 e. The molecule has 0 radical (unpaired) electrons. The molecule has 0 bridgehead atoms. The molecule has 1 fully saturated rings. The van der Waals surface area contributed by atoms with Crippen LogP contribution in [0.3, 0.4) is 0 Å². The topological polar surface area (TPSA) is 157 Å². The van der Waals surface area contributed by atoms with Gasteiger partial charge in [-0.15, -0.1) is 0 Å². The van der Waals surface area contributed by atoms with Crippen LogP contribution in [0, 0.1) is 0 Å². The summed E-state index contributed by atoms with van der Waals surface area (Å²) < 4.78 is 19.0. The van der Waals surface area contributed by atoms with Gasteiger partial charge in [-0.3, -0.25) is 4.52 Å². The highest BCUT2D eigenvalue weighted by Crippen LogP contribution is 2.36. The summed E-state index contributed by atoms with van der Waals surface area (Å²) in [5.74, 6) is 0. The molecule has 1 aliphatic heterocycles. The van der Waals surface area contributed by atoms with E-state index < -0.39 is 45.1 Å². The number of phosphoric ester groups is 1. The lowest BCUT2D eigenvalue weighted by molar-refractivity contribution is -0.285. The quantitative estimate of drug-likeness (QED) is 0.289. The highest BCUT2D eigenvalue weighted by Gasteiger charge is 2.43. The Kier molecular flexibility index (Phi) is 4.41. The average molecular weight is 260 g/mol. The number of hydrogen-bond acceptors (Lipinski definition) is 7. The van der Waals surface area contributed by atoms with Gasteiger partial charge in [0.25, 0.3) is 0 Å². The minimum atomic E-state index is -4.73. The molecule has 1 aliphatic rings. The van der Waals surface area contributed by atoms with Crippen molar-refractivity contribution in [2.45, 2.75) is 30.7 Å². The second-order valence-electron chi connectivity index (χ2n) is 3.32. The minimum absolute atomic E-state index is 0.730. The van der Waals surface area contributed by atoms with Crippen LogP contribution in [-0.2, 0) is 13.8 Å². The Morgan fingerprint density at radius 1 is 1.06 bits per heavy atom. The molecule has 1 heterocycles. The largest absolute Gasteiger partial charge is 0.469 e. The van der Waals surface area contributed by atoms with E-state index in [1.807, 2.05) is 0 Å². The van der Waals surface area contributed by atoms with E-state index in [0.717, 1.165) is 0 Å². The van der Waals surface area contributed by atoms with E-state index >= 15 is 0 Å². The molecule has 4 unspecified atom stereocenters. The van der Waals surface area contributed by atoms with Gasteiger partial charge in [-0.1, -0.05) is 0 Å². The van der Waals surface area contributed by atoms with Crippen molar-refractivity contribution < 1.29 is 44.0 Å². The van der Waals surface area contributed by atoms with Crippen LogP contribution in [0.25, 0.3) is 0 Å². The standard InChI is InChI=1S/C6H13O9P/c7-3-2(1-14-16(11,12)13)15-6(10)5(9)4(3)8/h2-10H,1H2,(H2,11,12,13)/t2?,3?,4?,5?,6-/m1/s1. The summed E-state index contributed by atoms with van der Waals surface area (Å²) in [6, 6.07) is 0. The van der Waals surface area contributed by atoms with Crippen LogP contribution in [0.2, 0.25) is 0 Å². The van der Waals surface area contributed by atoms with E-state index in [1.54, 1.807) is 0 Å². The smallest absolute Gasteiger partial charge is 0.387 e. The molecule has 0 aromatic heterocycles. The number of ether oxygens (including phenoxy) is 1. The Bertz CT molecular complexity index is 277. The maximum atomic E-state index is 10.4. The first-order chi connectivity index (χ1) is 7.22. The van der Waals surface area contributed by atoms with E-state index in [4.69, 9.17) is 20.0 Å². The van der Waals surface area contributed by atoms with Gasteiger partial charge in [0.1, 0.15) is 24.4 Å². The molecule has 0 amide bonds. The number of hydrogen-bond donors (Lipinski definition) is 6. The van der Waals surface area contributed by atoms with Gasteiger partial charge in [0.05, 0.1) is 6.61 Å². The Morgan fingerprint density at radius 3 is 2.12 bits per heavy atom. The molecule has 5 atom stereocenters. The summed E-state index contributed by atoms with van der Waals surface area (Å²) in [6.45, 7) is -0.730. The van der Waals surface area contributed by atoms with Crippen LogP contribution in [0.1, 0.15) is 0 Å². The summed E-state index contributed by atoms with van der Waals surface area (Å²) in [6.07, 6.45) is -8.11. The first-order valence-electron chi connectivity index (χ1n) is 4.30. The van der Waals surface area contributed by atoms with Crippen molar-refractivity contribution >= 4 is 7.82 Å². The zero-order valence-electron chi connectivity index (χ0n) is 7.95. The Morgan fingerprint density at radius 2 is 1.62 bits per heavy atom. The summed E-state index contributed by atoms with van der Waals surface area (Å²) in [7, 11) is -4.73. The van der Waals surface area contributed by atoms with E-state index in [0.29, 0.717) is 0 Å². The van der Waals surface area contributed by atoms with Gasteiger partial charge in [0.15, 0.2) is 6.29 Å². The molecular weight excluding hydrogens is 247 g/mol. The van der Waals surface area contributed by atoms with E-state index in [-0.39, 0.29) is 0 Å². The first-order valence-corrected chi connectivity index (χ1v) is 5.83. The number of aliphatic hydroxyl groups excluding tert-OH is 4. The molecule has 0 aromatic carbocycles. The fourth-order valence-corrected chi connectivity index (χ4v) is 1.58. The molecule has 1 rings (SSSR count). The van der Waals surface area contributed by atoms with Crippen molar-refractivity contribution in [3.8, 4) is 0 Å². The molecular formula is C6H13O9P. The van der Waals surface area contributed by atoms with Crippen molar-refractivity contribution in [1.29, 1.82) is 0 Å². The molecule has 6 N–H and O–H groups in total. The van der Waals surface area contributed by atoms with Crippen LogP contribution in [0.4, 0.5) is 0 Å². The SMILES string of the molecule is O=P(O)(O)OCC1O[C@@H](O)C(O)C(O)C1O. The molecule has 1 saturated heterocycles. The van der Waals surface area contributed by atoms with Gasteiger partial charge in [0.2, 0.25) is 0 Å². The summed E-state index contributed by atoms with van der Waals surface area (Å²) in [5.41, 5.74) is 0. The van der Waals surface area contributed by atoms with Crippen molar-refractivity contribution in [1.82, 2.24) is 0 Å². The Balaban J connectivity index is 2.57. The third kappa shape index (κ3) is 3.45. The fourth-order valence-electron chi connectivity index (χ4n) is 1.24. The van der Waals surface area contributed by atoms with E-state index in [1.165, 1.54) is 0 Å². The second-order valence-corrected chi connectivity index (χ2v) is 4.56. The predicted octanol–water partition coefficient (Wildman–Crippen LogP) is -3.10. The monoisotopic (exact) mass is 260 g/mol. The average Bonchev–Trinajstić information content (AvgIpc) is 2.17. The van der Waals surface area contributed by atoms with Crippen LogP contribution < -0.4 is 0 Å². The normalized spacial score (nSPS) is 41.0. The lowest BCUT2D eigenvalue weighted by Crippen LogP contribution is -2.58. The van der Waals surface area contributed by atoms with Crippen LogP contribution in [0.15, 0.2) is 0 Å². The van der Waals surface area contributed by atoms with E-state index in [9.17, 15) is 14.8 Å². The lowest BCUT2D eigenvalue weighted by atomic mass is 10.00. The highest BCUT2D eigenvalue weighted by atomic mass is 31.2. The molecule has 96 valence electrons. The maximum Gasteiger partial charge on any atom is 0.469 e. The van der Waals surface area contributed by atoms with Crippen LogP contribution >= 0.6 is 7.82 Å². The molecule has 9 nitrogen and oxygen atoms in total. The number of rotatable bonds is 3. The van der Waals surface area contributed by atoms with Crippen LogP contribution in [0.5, 0.6) is 0 Å². The summed E-state index contributed by atoms with van der Waals surface area (Å²) >= 11 is 0. The fraction of sp³-hybridized carbons (Fsp3) is 1.00. The molecule has 0 aromatic rings. The summed E-state index contributed by atoms with van der Waals surface area (Å²) in [5, 5.41) is 36.7. The summed E-state index contributed by atoms with van der Waals surface area (Å²) in [4.78, 5) is 16.8. The third-order valence-electron chi connectivity index (χ3n) is 2.09. The van der Waals surface area contributed by atoms with Gasteiger partial charge in [-0.2, -0.15) is 0 Å². The van der Waals surface area contributed by atoms with Crippen molar-refractivity contribution in [2.24, 2.45) is 0 Å². The molecule has 0 aliphatic carbocycles. The Labute approximate surface area is 90.1 Å². The maximum absolute atomic E-state index is 10.4. The zero-order chi connectivity index (χ0) is 12.5. The highest BCUT2D eigenvalue weighted by molar-refractivity contribution is 7.46. The molecule has 10 heteroatoms. The third-order valence-corrected chi connectivity index (χ3v) is 2.58. The number of aliphatic hydroxyl groups is 4. The lowest BCUT2D eigenvalue weighted by Gasteiger charge is -2.38.